The lowest BCUT2D eigenvalue weighted by Crippen LogP contribution is -2.48. The van der Waals surface area contributed by atoms with Crippen molar-refractivity contribution in [1.29, 1.82) is 0 Å². The van der Waals surface area contributed by atoms with E-state index in [0.717, 1.165) is 16.6 Å². The lowest BCUT2D eigenvalue weighted by atomic mass is 9.87. The second-order valence-corrected chi connectivity index (χ2v) is 9.78. The van der Waals surface area contributed by atoms with Gasteiger partial charge < -0.3 is 4.90 Å². The summed E-state index contributed by atoms with van der Waals surface area (Å²) in [5.41, 5.74) is 2.36. The summed E-state index contributed by atoms with van der Waals surface area (Å²) in [6.07, 6.45) is 6.35. The SMILES string of the molecule is CC(=O)N(c1ccc(C(C)(C)C)cc1)C1CSC(=NC2CCCCC2)N1C.Cl. The van der Waals surface area contributed by atoms with Gasteiger partial charge in [-0.1, -0.05) is 63.9 Å². The molecule has 0 aromatic heterocycles. The van der Waals surface area contributed by atoms with E-state index in [1.165, 1.54) is 37.7 Å². The number of anilines is 1. The molecule has 1 aromatic rings. The third kappa shape index (κ3) is 5.24. The van der Waals surface area contributed by atoms with Crippen molar-refractivity contribution in [2.45, 2.75) is 77.4 Å². The number of carbonyl (C=O) groups excluding carboxylic acids is 1. The molecule has 1 atom stereocenters. The first-order valence-corrected chi connectivity index (χ1v) is 11.1. The molecule has 6 heteroatoms. The first-order valence-electron chi connectivity index (χ1n) is 10.1. The number of amides is 1. The quantitative estimate of drug-likeness (QED) is 0.648. The van der Waals surface area contributed by atoms with Gasteiger partial charge >= 0.3 is 0 Å². The van der Waals surface area contributed by atoms with Gasteiger partial charge in [-0.05, 0) is 36.0 Å². The van der Waals surface area contributed by atoms with Crippen molar-refractivity contribution < 1.29 is 4.79 Å². The van der Waals surface area contributed by atoms with Crippen LogP contribution >= 0.6 is 24.2 Å². The van der Waals surface area contributed by atoms with Crippen LogP contribution in [0.3, 0.4) is 0 Å². The molecule has 156 valence electrons. The lowest BCUT2D eigenvalue weighted by Gasteiger charge is -2.33. The standard InChI is InChI=1S/C22H33N3OS.ClH/c1-16(26)25(19-13-11-17(12-14-19)22(2,3)4)20-15-27-21(24(20)5)23-18-9-7-6-8-10-18;/h11-14,18,20H,6-10,15H2,1-5H3;1H. The van der Waals surface area contributed by atoms with Gasteiger partial charge in [0.2, 0.25) is 5.91 Å². The fourth-order valence-corrected chi connectivity index (χ4v) is 5.14. The molecule has 1 aromatic carbocycles. The summed E-state index contributed by atoms with van der Waals surface area (Å²) in [5.74, 6) is 0.942. The maximum atomic E-state index is 12.5. The second kappa shape index (κ2) is 9.53. The van der Waals surface area contributed by atoms with Crippen LogP contribution in [0.2, 0.25) is 0 Å². The minimum atomic E-state index is 0. The molecule has 28 heavy (non-hydrogen) atoms. The average molecular weight is 424 g/mol. The van der Waals surface area contributed by atoms with Crippen molar-refractivity contribution in [2.24, 2.45) is 4.99 Å². The van der Waals surface area contributed by atoms with Gasteiger partial charge in [0.05, 0.1) is 6.04 Å². The van der Waals surface area contributed by atoms with E-state index in [2.05, 4.69) is 57.0 Å². The van der Waals surface area contributed by atoms with Crippen LogP contribution in [0.4, 0.5) is 5.69 Å². The van der Waals surface area contributed by atoms with E-state index >= 15 is 0 Å². The van der Waals surface area contributed by atoms with E-state index in [4.69, 9.17) is 4.99 Å². The Balaban J connectivity index is 0.00000280. The van der Waals surface area contributed by atoms with Gasteiger partial charge in [-0.3, -0.25) is 14.7 Å². The second-order valence-electron chi connectivity index (χ2n) is 8.79. The topological polar surface area (TPSA) is 35.9 Å². The molecule has 1 saturated carbocycles. The molecular formula is C22H34ClN3OS. The summed E-state index contributed by atoms with van der Waals surface area (Å²) in [7, 11) is 2.08. The highest BCUT2D eigenvalue weighted by atomic mass is 35.5. The van der Waals surface area contributed by atoms with E-state index in [-0.39, 0.29) is 29.9 Å². The van der Waals surface area contributed by atoms with Crippen molar-refractivity contribution in [3.63, 3.8) is 0 Å². The van der Waals surface area contributed by atoms with Gasteiger partial charge in [-0.25, -0.2) is 0 Å². The van der Waals surface area contributed by atoms with E-state index < -0.39 is 0 Å². The third-order valence-electron chi connectivity index (χ3n) is 5.63. The smallest absolute Gasteiger partial charge is 0.225 e. The zero-order valence-corrected chi connectivity index (χ0v) is 19.4. The highest BCUT2D eigenvalue weighted by Crippen LogP contribution is 2.32. The molecule has 1 aliphatic heterocycles. The fraction of sp³-hybridized carbons (Fsp3) is 0.636. The van der Waals surface area contributed by atoms with Crippen LogP contribution in [0.15, 0.2) is 29.3 Å². The Morgan fingerprint density at radius 3 is 2.29 bits per heavy atom. The molecule has 0 bridgehead atoms. The maximum Gasteiger partial charge on any atom is 0.225 e. The molecule has 1 amide bonds. The first-order chi connectivity index (χ1) is 12.8. The monoisotopic (exact) mass is 423 g/mol. The normalized spacial score (nSPS) is 22.2. The van der Waals surface area contributed by atoms with E-state index in [1.807, 2.05) is 4.90 Å². The number of thioether (sulfide) groups is 1. The fourth-order valence-electron chi connectivity index (χ4n) is 3.92. The average Bonchev–Trinajstić information content (AvgIpc) is 2.96. The molecule has 4 nitrogen and oxygen atoms in total. The molecule has 1 aliphatic carbocycles. The number of amidine groups is 1. The van der Waals surface area contributed by atoms with Gasteiger partial charge in [0.15, 0.2) is 5.17 Å². The number of nitrogens with zero attached hydrogens (tertiary/aromatic N) is 3. The number of halogens is 1. The van der Waals surface area contributed by atoms with Gasteiger partial charge in [0, 0.05) is 25.4 Å². The van der Waals surface area contributed by atoms with E-state index in [0.29, 0.717) is 6.04 Å². The molecule has 1 saturated heterocycles. The molecule has 2 fully saturated rings. The summed E-state index contributed by atoms with van der Waals surface area (Å²) in [4.78, 5) is 21.6. The Morgan fingerprint density at radius 2 is 1.75 bits per heavy atom. The zero-order valence-electron chi connectivity index (χ0n) is 17.8. The van der Waals surface area contributed by atoms with E-state index in [1.54, 1.807) is 18.7 Å². The molecule has 3 rings (SSSR count). The van der Waals surface area contributed by atoms with Gasteiger partial charge in [0.25, 0.3) is 0 Å². The molecule has 0 radical (unpaired) electrons. The Hall–Kier alpha value is -1.20. The summed E-state index contributed by atoms with van der Waals surface area (Å²) in [6, 6.07) is 8.90. The van der Waals surface area contributed by atoms with Crippen LogP contribution in [-0.2, 0) is 10.2 Å². The predicted octanol–water partition coefficient (Wildman–Crippen LogP) is 5.45. The number of benzene rings is 1. The number of aliphatic imine (C=N–C) groups is 1. The molecular weight excluding hydrogens is 390 g/mol. The van der Waals surface area contributed by atoms with Crippen LogP contribution in [0.5, 0.6) is 0 Å². The molecule has 1 unspecified atom stereocenters. The molecule has 1 heterocycles. The minimum Gasteiger partial charge on any atom is -0.333 e. The maximum absolute atomic E-state index is 12.5. The largest absolute Gasteiger partial charge is 0.333 e. The molecule has 0 N–H and O–H groups in total. The highest BCUT2D eigenvalue weighted by Gasteiger charge is 2.35. The summed E-state index contributed by atoms with van der Waals surface area (Å²) < 4.78 is 0. The van der Waals surface area contributed by atoms with Crippen LogP contribution in [0.1, 0.15) is 65.4 Å². The number of hydrogen-bond acceptors (Lipinski definition) is 3. The van der Waals surface area contributed by atoms with Crippen molar-refractivity contribution in [2.75, 3.05) is 17.7 Å². The first kappa shape index (κ1) is 23.1. The van der Waals surface area contributed by atoms with Gasteiger partial charge in [-0.2, -0.15) is 0 Å². The molecule has 0 spiro atoms. The van der Waals surface area contributed by atoms with Crippen molar-refractivity contribution in [3.05, 3.63) is 29.8 Å². The highest BCUT2D eigenvalue weighted by molar-refractivity contribution is 8.14. The Morgan fingerprint density at radius 1 is 1.14 bits per heavy atom. The van der Waals surface area contributed by atoms with Gasteiger partial charge in [-0.15, -0.1) is 12.4 Å². The van der Waals surface area contributed by atoms with Crippen LogP contribution in [-0.4, -0.2) is 41.0 Å². The lowest BCUT2D eigenvalue weighted by molar-refractivity contribution is -0.117. The summed E-state index contributed by atoms with van der Waals surface area (Å²) in [6.45, 7) is 8.28. The van der Waals surface area contributed by atoms with E-state index in [9.17, 15) is 4.79 Å². The third-order valence-corrected chi connectivity index (χ3v) is 6.74. The Bertz CT molecular complexity index is 693. The zero-order chi connectivity index (χ0) is 19.6. The Labute approximate surface area is 180 Å². The number of hydrogen-bond donors (Lipinski definition) is 0. The number of rotatable bonds is 3. The van der Waals surface area contributed by atoms with Gasteiger partial charge in [0.1, 0.15) is 6.17 Å². The minimum absolute atomic E-state index is 0. The summed E-state index contributed by atoms with van der Waals surface area (Å²) >= 11 is 1.78. The Kier molecular flexibility index (Phi) is 7.86. The van der Waals surface area contributed by atoms with Crippen molar-refractivity contribution in [3.8, 4) is 0 Å². The van der Waals surface area contributed by atoms with Crippen LogP contribution < -0.4 is 4.90 Å². The predicted molar refractivity (Wildman–Crippen MR) is 124 cm³/mol. The van der Waals surface area contributed by atoms with Crippen LogP contribution in [0, 0.1) is 0 Å². The van der Waals surface area contributed by atoms with Crippen molar-refractivity contribution in [1.82, 2.24) is 4.90 Å². The number of carbonyl (C=O) groups is 1. The molecule has 2 aliphatic rings. The van der Waals surface area contributed by atoms with Crippen molar-refractivity contribution >= 4 is 40.9 Å². The summed E-state index contributed by atoms with van der Waals surface area (Å²) in [5, 5.41) is 1.09. The van der Waals surface area contributed by atoms with Crippen LogP contribution in [0.25, 0.3) is 0 Å².